The van der Waals surface area contributed by atoms with Gasteiger partial charge in [0, 0.05) is 17.5 Å². The molecule has 1 aliphatic heterocycles. The summed E-state index contributed by atoms with van der Waals surface area (Å²) < 4.78 is 0. The fourth-order valence-corrected chi connectivity index (χ4v) is 3.76. The van der Waals surface area contributed by atoms with Crippen molar-refractivity contribution in [1.29, 1.82) is 0 Å². The van der Waals surface area contributed by atoms with E-state index in [2.05, 4.69) is 29.5 Å². The van der Waals surface area contributed by atoms with Crippen LogP contribution in [-0.2, 0) is 10.3 Å². The lowest BCUT2D eigenvalue weighted by molar-refractivity contribution is -0.123. The minimum absolute atomic E-state index is 0.158. The van der Waals surface area contributed by atoms with Crippen molar-refractivity contribution in [3.63, 3.8) is 0 Å². The fraction of sp³-hybridized carbons (Fsp3) is 0.750. The summed E-state index contributed by atoms with van der Waals surface area (Å²) in [7, 11) is 0. The van der Waals surface area contributed by atoms with E-state index in [1.807, 2.05) is 12.3 Å². The number of nitrogens with zero attached hydrogens (tertiary/aromatic N) is 1. The number of hydrogen-bond donors (Lipinski definition) is 2. The number of rotatable bonds is 6. The van der Waals surface area contributed by atoms with Crippen LogP contribution in [0.2, 0.25) is 0 Å². The monoisotopic (exact) mass is 309 g/mol. The quantitative estimate of drug-likeness (QED) is 0.849. The van der Waals surface area contributed by atoms with Gasteiger partial charge in [-0.3, -0.25) is 4.79 Å². The van der Waals surface area contributed by atoms with Gasteiger partial charge in [0.05, 0.1) is 5.54 Å². The minimum atomic E-state index is -0.329. The van der Waals surface area contributed by atoms with Crippen LogP contribution in [0.1, 0.15) is 56.7 Å². The maximum atomic E-state index is 12.3. The summed E-state index contributed by atoms with van der Waals surface area (Å²) in [5.41, 5.74) is 0.697. The summed E-state index contributed by atoms with van der Waals surface area (Å²) in [4.78, 5) is 16.8. The molecule has 1 unspecified atom stereocenters. The van der Waals surface area contributed by atoms with Crippen molar-refractivity contribution in [3.8, 4) is 0 Å². The molecule has 21 heavy (non-hydrogen) atoms. The van der Waals surface area contributed by atoms with E-state index in [0.717, 1.165) is 36.6 Å². The van der Waals surface area contributed by atoms with Gasteiger partial charge < -0.3 is 10.6 Å². The molecule has 4 nitrogen and oxygen atoms in total. The molecule has 1 atom stereocenters. The average molecular weight is 309 g/mol. The van der Waals surface area contributed by atoms with Crippen LogP contribution >= 0.6 is 11.3 Å². The Hall–Kier alpha value is -0.940. The lowest BCUT2D eigenvalue weighted by Crippen LogP contribution is -2.43. The Morgan fingerprint density at radius 3 is 2.81 bits per heavy atom. The molecule has 2 heterocycles. The molecule has 5 heteroatoms. The Balaban J connectivity index is 1.87. The van der Waals surface area contributed by atoms with Crippen LogP contribution in [0.5, 0.6) is 0 Å². The maximum Gasteiger partial charge on any atom is 0.220 e. The molecule has 0 spiro atoms. The summed E-state index contributed by atoms with van der Waals surface area (Å²) in [6.45, 7) is 8.36. The lowest BCUT2D eigenvalue weighted by Gasteiger charge is -2.28. The van der Waals surface area contributed by atoms with Gasteiger partial charge in [-0.1, -0.05) is 6.92 Å². The highest BCUT2D eigenvalue weighted by molar-refractivity contribution is 7.09. The summed E-state index contributed by atoms with van der Waals surface area (Å²) >= 11 is 1.64. The van der Waals surface area contributed by atoms with Crippen molar-refractivity contribution >= 4 is 17.2 Å². The Morgan fingerprint density at radius 1 is 1.52 bits per heavy atom. The molecule has 0 radical (unpaired) electrons. The number of piperidine rings is 1. The second-order valence-electron chi connectivity index (χ2n) is 6.26. The van der Waals surface area contributed by atoms with Crippen LogP contribution in [0.4, 0.5) is 0 Å². The normalized spacial score (nSPS) is 19.2. The number of nitrogens with one attached hydrogen (secondary N) is 2. The molecule has 1 aliphatic rings. The first-order valence-electron chi connectivity index (χ1n) is 7.98. The lowest BCUT2D eigenvalue weighted by atomic mass is 9.92. The van der Waals surface area contributed by atoms with Crippen molar-refractivity contribution < 1.29 is 4.79 Å². The van der Waals surface area contributed by atoms with Crippen LogP contribution in [0.25, 0.3) is 0 Å². The van der Waals surface area contributed by atoms with Crippen molar-refractivity contribution in [1.82, 2.24) is 15.6 Å². The van der Waals surface area contributed by atoms with Gasteiger partial charge in [0.25, 0.3) is 0 Å². The zero-order valence-corrected chi connectivity index (χ0v) is 14.2. The molecule has 2 N–H and O–H groups in total. The Bertz CT molecular complexity index is 468. The van der Waals surface area contributed by atoms with E-state index in [4.69, 9.17) is 0 Å². The molecule has 1 aromatic rings. The molecule has 118 valence electrons. The van der Waals surface area contributed by atoms with E-state index >= 15 is 0 Å². The molecule has 0 saturated carbocycles. The van der Waals surface area contributed by atoms with Gasteiger partial charge in [0.15, 0.2) is 0 Å². The third-order valence-corrected chi connectivity index (χ3v) is 5.68. The van der Waals surface area contributed by atoms with Crippen molar-refractivity contribution in [3.05, 3.63) is 16.1 Å². The van der Waals surface area contributed by atoms with Crippen LogP contribution in [0.15, 0.2) is 5.38 Å². The maximum absolute atomic E-state index is 12.3. The first-order valence-corrected chi connectivity index (χ1v) is 8.86. The van der Waals surface area contributed by atoms with Gasteiger partial charge in [-0.05, 0) is 58.5 Å². The van der Waals surface area contributed by atoms with Crippen molar-refractivity contribution in [2.24, 2.45) is 5.92 Å². The molecule has 2 rings (SSSR count). The fourth-order valence-electron chi connectivity index (χ4n) is 2.78. The second kappa shape index (κ2) is 7.36. The topological polar surface area (TPSA) is 54.0 Å². The van der Waals surface area contributed by atoms with E-state index in [1.54, 1.807) is 11.3 Å². The molecule has 0 bridgehead atoms. The largest absolute Gasteiger partial charge is 0.344 e. The second-order valence-corrected chi connectivity index (χ2v) is 7.12. The third kappa shape index (κ3) is 4.51. The van der Waals surface area contributed by atoms with Crippen LogP contribution in [0.3, 0.4) is 0 Å². The number of carbonyl (C=O) groups is 1. The van der Waals surface area contributed by atoms with E-state index in [-0.39, 0.29) is 11.4 Å². The highest BCUT2D eigenvalue weighted by Gasteiger charge is 2.29. The molecule has 0 aromatic carbocycles. The van der Waals surface area contributed by atoms with Crippen molar-refractivity contribution in [2.45, 2.75) is 58.4 Å². The standard InChI is InChI=1S/C16H27N3OS/c1-4-16(3,15-18-12(2)11-21-15)19-14(20)6-5-13-7-9-17-10-8-13/h11,13,17H,4-10H2,1-3H3,(H,19,20). The molecular formula is C16H27N3OS. The minimum Gasteiger partial charge on any atom is -0.344 e. The zero-order chi connectivity index (χ0) is 15.3. The molecule has 1 saturated heterocycles. The summed E-state index contributed by atoms with van der Waals surface area (Å²) in [5.74, 6) is 0.859. The predicted molar refractivity (Wildman–Crippen MR) is 87.5 cm³/mol. The third-order valence-electron chi connectivity index (χ3n) is 4.45. The number of hydrogen-bond acceptors (Lipinski definition) is 4. The molecule has 1 fully saturated rings. The smallest absolute Gasteiger partial charge is 0.220 e. The van der Waals surface area contributed by atoms with Gasteiger partial charge in [-0.15, -0.1) is 11.3 Å². The highest BCUT2D eigenvalue weighted by Crippen LogP contribution is 2.28. The molecule has 1 aromatic heterocycles. The first-order chi connectivity index (χ1) is 10.0. The molecule has 0 aliphatic carbocycles. The number of aryl methyl sites for hydroxylation is 1. The van der Waals surface area contributed by atoms with Crippen LogP contribution in [0, 0.1) is 12.8 Å². The van der Waals surface area contributed by atoms with Gasteiger partial charge >= 0.3 is 0 Å². The summed E-state index contributed by atoms with van der Waals surface area (Å²) in [5, 5.41) is 9.63. The van der Waals surface area contributed by atoms with Gasteiger partial charge in [-0.2, -0.15) is 0 Å². The summed E-state index contributed by atoms with van der Waals surface area (Å²) in [6.07, 6.45) is 4.89. The Kier molecular flexibility index (Phi) is 5.76. The van der Waals surface area contributed by atoms with Gasteiger partial charge in [0.2, 0.25) is 5.91 Å². The number of aromatic nitrogens is 1. The van der Waals surface area contributed by atoms with E-state index in [0.29, 0.717) is 12.3 Å². The number of thiazole rings is 1. The number of carbonyl (C=O) groups excluding carboxylic acids is 1. The first kappa shape index (κ1) is 16.4. The number of amides is 1. The predicted octanol–water partition coefficient (Wildman–Crippen LogP) is 2.97. The average Bonchev–Trinajstić information content (AvgIpc) is 2.93. The SMILES string of the molecule is CCC(C)(NC(=O)CCC1CCNCC1)c1nc(C)cs1. The van der Waals surface area contributed by atoms with Crippen molar-refractivity contribution in [2.75, 3.05) is 13.1 Å². The van der Waals surface area contributed by atoms with Gasteiger partial charge in [-0.25, -0.2) is 4.98 Å². The highest BCUT2D eigenvalue weighted by atomic mass is 32.1. The molecule has 1 amide bonds. The van der Waals surface area contributed by atoms with E-state index in [1.165, 1.54) is 12.8 Å². The van der Waals surface area contributed by atoms with E-state index in [9.17, 15) is 4.79 Å². The summed E-state index contributed by atoms with van der Waals surface area (Å²) in [6, 6.07) is 0. The Morgan fingerprint density at radius 2 is 2.24 bits per heavy atom. The van der Waals surface area contributed by atoms with Crippen LogP contribution < -0.4 is 10.6 Å². The zero-order valence-electron chi connectivity index (χ0n) is 13.4. The van der Waals surface area contributed by atoms with Crippen LogP contribution in [-0.4, -0.2) is 24.0 Å². The van der Waals surface area contributed by atoms with Gasteiger partial charge in [0.1, 0.15) is 5.01 Å². The van der Waals surface area contributed by atoms with E-state index < -0.39 is 0 Å². The molecular weight excluding hydrogens is 282 g/mol. The Labute approximate surface area is 131 Å².